The smallest absolute Gasteiger partial charge is 0.258 e. The van der Waals surface area contributed by atoms with Crippen molar-refractivity contribution in [2.24, 2.45) is 0 Å². The van der Waals surface area contributed by atoms with Gasteiger partial charge in [-0.1, -0.05) is 55.1 Å². The molecule has 0 bridgehead atoms. The minimum atomic E-state index is -0.201. The third-order valence-electron chi connectivity index (χ3n) is 4.61. The van der Waals surface area contributed by atoms with Crippen LogP contribution in [0.5, 0.6) is 0 Å². The van der Waals surface area contributed by atoms with Gasteiger partial charge in [0.1, 0.15) is 0 Å². The Hall–Kier alpha value is -3.41. The predicted octanol–water partition coefficient (Wildman–Crippen LogP) is 2.33. The number of carbonyl (C=O) groups is 3. The molecular formula is C22H23N3O3. The molecule has 0 unspecified atom stereocenters. The zero-order valence-corrected chi connectivity index (χ0v) is 15.6. The highest BCUT2D eigenvalue weighted by atomic mass is 16.2. The van der Waals surface area contributed by atoms with Crippen molar-refractivity contribution in [2.45, 2.75) is 19.4 Å². The summed E-state index contributed by atoms with van der Waals surface area (Å²) in [6.07, 6.45) is 0.365. The van der Waals surface area contributed by atoms with Gasteiger partial charge in [0.05, 0.1) is 0 Å². The first-order chi connectivity index (χ1) is 13.6. The Morgan fingerprint density at radius 2 is 1.50 bits per heavy atom. The van der Waals surface area contributed by atoms with Gasteiger partial charge in [-0.3, -0.25) is 14.4 Å². The molecule has 2 aromatic carbocycles. The molecule has 144 valence electrons. The summed E-state index contributed by atoms with van der Waals surface area (Å²) in [6.45, 7) is 4.94. The van der Waals surface area contributed by atoms with E-state index in [-0.39, 0.29) is 43.7 Å². The van der Waals surface area contributed by atoms with Gasteiger partial charge in [-0.2, -0.15) is 0 Å². The van der Waals surface area contributed by atoms with Gasteiger partial charge in [-0.05, 0) is 11.6 Å². The van der Waals surface area contributed by atoms with Crippen molar-refractivity contribution in [3.63, 3.8) is 0 Å². The van der Waals surface area contributed by atoms with E-state index in [1.165, 1.54) is 4.90 Å². The number of fused-ring (bicyclic) bond motifs is 1. The third-order valence-corrected chi connectivity index (χ3v) is 4.61. The lowest BCUT2D eigenvalue weighted by atomic mass is 10.1. The molecule has 0 aliphatic carbocycles. The molecule has 0 saturated heterocycles. The minimum Gasteiger partial charge on any atom is -0.356 e. The van der Waals surface area contributed by atoms with Crippen LogP contribution in [0.2, 0.25) is 0 Å². The average molecular weight is 377 g/mol. The van der Waals surface area contributed by atoms with E-state index in [2.05, 4.69) is 17.2 Å². The Labute approximate surface area is 164 Å². The standard InChI is InChI=1S/C22H23N3O3/c1-16-18-9-5-6-10-19(18)22(28)25(16)14-12-21(27)23-13-11-20(26)24-15-17-7-3-2-4-8-17/h2-10H,1,11-15H2,(H,23,27)(H,24,26). The van der Waals surface area contributed by atoms with Gasteiger partial charge in [-0.15, -0.1) is 0 Å². The zero-order chi connectivity index (χ0) is 19.9. The van der Waals surface area contributed by atoms with E-state index in [1.54, 1.807) is 6.07 Å². The molecular weight excluding hydrogens is 354 g/mol. The number of benzene rings is 2. The molecule has 0 radical (unpaired) electrons. The number of rotatable bonds is 8. The van der Waals surface area contributed by atoms with Crippen LogP contribution in [0.3, 0.4) is 0 Å². The van der Waals surface area contributed by atoms with Crippen molar-refractivity contribution in [1.82, 2.24) is 15.5 Å². The molecule has 2 aromatic rings. The summed E-state index contributed by atoms with van der Waals surface area (Å²) in [4.78, 5) is 37.8. The second-order valence-corrected chi connectivity index (χ2v) is 6.56. The van der Waals surface area contributed by atoms with Crippen LogP contribution in [0.1, 0.15) is 34.3 Å². The first-order valence-corrected chi connectivity index (χ1v) is 9.24. The second-order valence-electron chi connectivity index (χ2n) is 6.56. The fraction of sp³-hybridized carbons (Fsp3) is 0.227. The summed E-state index contributed by atoms with van der Waals surface area (Å²) in [5.41, 5.74) is 3.07. The van der Waals surface area contributed by atoms with Crippen molar-refractivity contribution in [2.75, 3.05) is 13.1 Å². The Balaban J connectivity index is 1.36. The van der Waals surface area contributed by atoms with Crippen LogP contribution in [0, 0.1) is 0 Å². The first-order valence-electron chi connectivity index (χ1n) is 9.24. The highest BCUT2D eigenvalue weighted by molar-refractivity contribution is 6.08. The van der Waals surface area contributed by atoms with Crippen molar-refractivity contribution < 1.29 is 14.4 Å². The summed E-state index contributed by atoms with van der Waals surface area (Å²) < 4.78 is 0. The molecule has 0 spiro atoms. The molecule has 1 aliphatic heterocycles. The van der Waals surface area contributed by atoms with Gasteiger partial charge in [-0.25, -0.2) is 0 Å². The maximum atomic E-state index is 12.4. The average Bonchev–Trinajstić information content (AvgIpc) is 2.96. The molecule has 3 amide bonds. The van der Waals surface area contributed by atoms with Crippen molar-refractivity contribution in [3.05, 3.63) is 77.9 Å². The van der Waals surface area contributed by atoms with Crippen LogP contribution < -0.4 is 10.6 Å². The maximum Gasteiger partial charge on any atom is 0.258 e. The summed E-state index contributed by atoms with van der Waals surface area (Å²) >= 11 is 0. The van der Waals surface area contributed by atoms with Crippen molar-refractivity contribution >= 4 is 23.4 Å². The van der Waals surface area contributed by atoms with Gasteiger partial charge >= 0.3 is 0 Å². The molecule has 1 aliphatic rings. The van der Waals surface area contributed by atoms with Crippen LogP contribution >= 0.6 is 0 Å². The molecule has 6 nitrogen and oxygen atoms in total. The summed E-state index contributed by atoms with van der Waals surface area (Å²) in [5.74, 6) is -0.455. The van der Waals surface area contributed by atoms with Gasteiger partial charge in [0.2, 0.25) is 11.8 Å². The molecule has 0 fully saturated rings. The summed E-state index contributed by atoms with van der Waals surface area (Å²) in [5, 5.41) is 5.54. The fourth-order valence-corrected chi connectivity index (χ4v) is 3.07. The summed E-state index contributed by atoms with van der Waals surface area (Å²) in [7, 11) is 0. The second kappa shape index (κ2) is 8.99. The molecule has 1 heterocycles. The Bertz CT molecular complexity index is 858. The van der Waals surface area contributed by atoms with Crippen molar-refractivity contribution in [1.29, 1.82) is 0 Å². The molecule has 0 atom stereocenters. The lowest BCUT2D eigenvalue weighted by Gasteiger charge is -2.17. The Kier molecular flexibility index (Phi) is 6.22. The van der Waals surface area contributed by atoms with E-state index in [4.69, 9.17) is 0 Å². The normalized spacial score (nSPS) is 12.6. The van der Waals surface area contributed by atoms with Crippen LogP contribution in [-0.2, 0) is 16.1 Å². The molecule has 2 N–H and O–H groups in total. The molecule has 28 heavy (non-hydrogen) atoms. The highest BCUT2D eigenvalue weighted by Crippen LogP contribution is 2.30. The zero-order valence-electron chi connectivity index (χ0n) is 15.6. The van der Waals surface area contributed by atoms with E-state index in [0.29, 0.717) is 17.8 Å². The number of amides is 3. The molecule has 0 aromatic heterocycles. The number of carbonyl (C=O) groups excluding carboxylic acids is 3. The highest BCUT2D eigenvalue weighted by Gasteiger charge is 2.30. The Morgan fingerprint density at radius 3 is 2.21 bits per heavy atom. The molecule has 6 heteroatoms. The predicted molar refractivity (Wildman–Crippen MR) is 107 cm³/mol. The molecule has 0 saturated carbocycles. The van der Waals surface area contributed by atoms with E-state index >= 15 is 0 Å². The number of hydrogen-bond donors (Lipinski definition) is 2. The monoisotopic (exact) mass is 377 g/mol. The lowest BCUT2D eigenvalue weighted by Crippen LogP contribution is -2.33. The molecule has 3 rings (SSSR count). The largest absolute Gasteiger partial charge is 0.356 e. The van der Waals surface area contributed by atoms with E-state index in [0.717, 1.165) is 11.1 Å². The third kappa shape index (κ3) is 4.65. The minimum absolute atomic E-state index is 0.122. The van der Waals surface area contributed by atoms with Crippen LogP contribution in [0.15, 0.2) is 61.2 Å². The van der Waals surface area contributed by atoms with Crippen LogP contribution in [0.4, 0.5) is 0 Å². The van der Waals surface area contributed by atoms with Crippen LogP contribution in [-0.4, -0.2) is 35.7 Å². The van der Waals surface area contributed by atoms with Gasteiger partial charge in [0.25, 0.3) is 5.91 Å². The van der Waals surface area contributed by atoms with Crippen LogP contribution in [0.25, 0.3) is 5.70 Å². The van der Waals surface area contributed by atoms with Gasteiger partial charge in [0, 0.05) is 49.3 Å². The number of nitrogens with zero attached hydrogens (tertiary/aromatic N) is 1. The topological polar surface area (TPSA) is 78.5 Å². The lowest BCUT2D eigenvalue weighted by molar-refractivity contribution is -0.122. The SMILES string of the molecule is C=C1c2ccccc2C(=O)N1CCC(=O)NCCC(=O)NCc1ccccc1. The van der Waals surface area contributed by atoms with Gasteiger partial charge < -0.3 is 15.5 Å². The fourth-order valence-electron chi connectivity index (χ4n) is 3.07. The van der Waals surface area contributed by atoms with Crippen molar-refractivity contribution in [3.8, 4) is 0 Å². The number of hydrogen-bond acceptors (Lipinski definition) is 3. The Morgan fingerprint density at radius 1 is 0.857 bits per heavy atom. The quantitative estimate of drug-likeness (QED) is 0.741. The number of nitrogens with one attached hydrogen (secondary N) is 2. The van der Waals surface area contributed by atoms with Gasteiger partial charge in [0.15, 0.2) is 0 Å². The summed E-state index contributed by atoms with van der Waals surface area (Å²) in [6, 6.07) is 16.9. The maximum absolute atomic E-state index is 12.4. The first kappa shape index (κ1) is 19.4. The van der Waals surface area contributed by atoms with E-state index in [9.17, 15) is 14.4 Å². The van der Waals surface area contributed by atoms with E-state index < -0.39 is 0 Å². The van der Waals surface area contributed by atoms with E-state index in [1.807, 2.05) is 48.5 Å².